The highest BCUT2D eigenvalue weighted by atomic mass is 35.5. The van der Waals surface area contributed by atoms with Crippen LogP contribution in [0.4, 0.5) is 5.82 Å². The number of anilines is 1. The van der Waals surface area contributed by atoms with Crippen LogP contribution in [-0.2, 0) is 0 Å². The van der Waals surface area contributed by atoms with E-state index in [0.29, 0.717) is 0 Å². The lowest BCUT2D eigenvalue weighted by Crippen LogP contribution is -2.08. The molecule has 2 aromatic heterocycles. The molecule has 2 rings (SSSR count). The van der Waals surface area contributed by atoms with Gasteiger partial charge in [0.05, 0.1) is 10.4 Å². The Balaban J connectivity index is 2.18. The Labute approximate surface area is 114 Å². The molecule has 0 radical (unpaired) electrons. The van der Waals surface area contributed by atoms with Crippen LogP contribution in [0.1, 0.15) is 23.4 Å². The molecule has 3 nitrogen and oxygen atoms in total. The molecule has 1 N–H and O–H groups in total. The van der Waals surface area contributed by atoms with Gasteiger partial charge in [0.25, 0.3) is 0 Å². The molecular formula is C11H11Cl2N3S. The number of aryl methyl sites for hydroxylation is 1. The van der Waals surface area contributed by atoms with Gasteiger partial charge < -0.3 is 5.32 Å². The van der Waals surface area contributed by atoms with Crippen molar-refractivity contribution in [3.63, 3.8) is 0 Å². The SMILES string of the molecule is Cc1cnc(Cl)nc1NC(C)c1ccc(Cl)s1. The van der Waals surface area contributed by atoms with Crippen molar-refractivity contribution in [2.75, 3.05) is 5.32 Å². The minimum atomic E-state index is 0.136. The van der Waals surface area contributed by atoms with Gasteiger partial charge in [-0.05, 0) is 37.6 Å². The van der Waals surface area contributed by atoms with E-state index in [2.05, 4.69) is 22.2 Å². The van der Waals surface area contributed by atoms with Gasteiger partial charge >= 0.3 is 0 Å². The second-order valence-electron chi connectivity index (χ2n) is 3.68. The molecule has 0 aliphatic carbocycles. The van der Waals surface area contributed by atoms with Gasteiger partial charge in [0.15, 0.2) is 0 Å². The summed E-state index contributed by atoms with van der Waals surface area (Å²) in [6.45, 7) is 3.99. The van der Waals surface area contributed by atoms with E-state index in [4.69, 9.17) is 23.2 Å². The second kappa shape index (κ2) is 5.21. The summed E-state index contributed by atoms with van der Waals surface area (Å²) in [4.78, 5) is 9.24. The predicted octanol–water partition coefficient (Wildman–Crippen LogP) is 4.33. The van der Waals surface area contributed by atoms with Crippen LogP contribution in [-0.4, -0.2) is 9.97 Å². The second-order valence-corrected chi connectivity index (χ2v) is 5.76. The summed E-state index contributed by atoms with van der Waals surface area (Å²) >= 11 is 13.2. The maximum Gasteiger partial charge on any atom is 0.224 e. The first-order chi connectivity index (χ1) is 8.06. The van der Waals surface area contributed by atoms with Crippen LogP contribution in [0.15, 0.2) is 18.3 Å². The van der Waals surface area contributed by atoms with E-state index in [9.17, 15) is 0 Å². The Morgan fingerprint density at radius 3 is 2.76 bits per heavy atom. The van der Waals surface area contributed by atoms with Gasteiger partial charge in [0.1, 0.15) is 5.82 Å². The van der Waals surface area contributed by atoms with E-state index in [-0.39, 0.29) is 11.3 Å². The maximum absolute atomic E-state index is 5.91. The van der Waals surface area contributed by atoms with Crippen molar-refractivity contribution < 1.29 is 0 Å². The minimum absolute atomic E-state index is 0.136. The minimum Gasteiger partial charge on any atom is -0.362 e. The molecule has 2 aromatic rings. The average molecular weight is 288 g/mol. The number of aromatic nitrogens is 2. The van der Waals surface area contributed by atoms with Crippen LogP contribution in [0.25, 0.3) is 0 Å². The van der Waals surface area contributed by atoms with Gasteiger partial charge in [-0.25, -0.2) is 9.97 Å². The smallest absolute Gasteiger partial charge is 0.224 e. The van der Waals surface area contributed by atoms with Crippen molar-refractivity contribution in [1.82, 2.24) is 9.97 Å². The monoisotopic (exact) mass is 287 g/mol. The highest BCUT2D eigenvalue weighted by molar-refractivity contribution is 7.16. The Hall–Kier alpha value is -0.840. The number of nitrogens with one attached hydrogen (secondary N) is 1. The molecule has 6 heteroatoms. The van der Waals surface area contributed by atoms with Gasteiger partial charge in [-0.1, -0.05) is 11.6 Å². The molecule has 0 amide bonds. The van der Waals surface area contributed by atoms with Crippen LogP contribution in [0.5, 0.6) is 0 Å². The molecule has 0 aliphatic rings. The van der Waals surface area contributed by atoms with Gasteiger partial charge in [0.2, 0.25) is 5.28 Å². The lowest BCUT2D eigenvalue weighted by Gasteiger charge is -2.14. The quantitative estimate of drug-likeness (QED) is 0.854. The van der Waals surface area contributed by atoms with Crippen molar-refractivity contribution >= 4 is 40.4 Å². The third kappa shape index (κ3) is 3.09. The third-order valence-electron chi connectivity index (χ3n) is 2.32. The van der Waals surface area contributed by atoms with Crippen molar-refractivity contribution in [3.8, 4) is 0 Å². The van der Waals surface area contributed by atoms with Crippen LogP contribution in [0.3, 0.4) is 0 Å². The molecule has 0 fully saturated rings. The van der Waals surface area contributed by atoms with Gasteiger partial charge in [-0.2, -0.15) is 0 Å². The first-order valence-corrected chi connectivity index (χ1v) is 6.64. The van der Waals surface area contributed by atoms with Gasteiger partial charge in [-0.15, -0.1) is 11.3 Å². The zero-order chi connectivity index (χ0) is 12.4. The van der Waals surface area contributed by atoms with Crippen LogP contribution < -0.4 is 5.32 Å². The highest BCUT2D eigenvalue weighted by Crippen LogP contribution is 2.29. The van der Waals surface area contributed by atoms with Gasteiger partial charge in [0, 0.05) is 16.6 Å². The van der Waals surface area contributed by atoms with Crippen molar-refractivity contribution in [2.24, 2.45) is 0 Å². The molecule has 0 aromatic carbocycles. The van der Waals surface area contributed by atoms with Crippen LogP contribution >= 0.6 is 34.5 Å². The molecule has 0 saturated heterocycles. The number of hydrogen-bond acceptors (Lipinski definition) is 4. The van der Waals surface area contributed by atoms with E-state index in [1.54, 1.807) is 17.5 Å². The zero-order valence-corrected chi connectivity index (χ0v) is 11.7. The number of rotatable bonds is 3. The van der Waals surface area contributed by atoms with E-state index >= 15 is 0 Å². The van der Waals surface area contributed by atoms with E-state index < -0.39 is 0 Å². The third-order valence-corrected chi connectivity index (χ3v) is 3.91. The van der Waals surface area contributed by atoms with E-state index in [1.165, 1.54) is 0 Å². The summed E-state index contributed by atoms with van der Waals surface area (Å²) in [5.41, 5.74) is 0.962. The number of hydrogen-bond donors (Lipinski definition) is 1. The Bertz CT molecular complexity index is 527. The predicted molar refractivity (Wildman–Crippen MR) is 73.1 cm³/mol. The molecule has 0 saturated carbocycles. The summed E-state index contributed by atoms with van der Waals surface area (Å²) in [6, 6.07) is 4.03. The zero-order valence-electron chi connectivity index (χ0n) is 9.37. The molecular weight excluding hydrogens is 277 g/mol. The number of thiophene rings is 1. The molecule has 1 atom stereocenters. The lowest BCUT2D eigenvalue weighted by molar-refractivity contribution is 0.888. The van der Waals surface area contributed by atoms with Crippen molar-refractivity contribution in [3.05, 3.63) is 38.4 Å². The van der Waals surface area contributed by atoms with Crippen LogP contribution in [0.2, 0.25) is 9.62 Å². The Kier molecular flexibility index (Phi) is 3.86. The molecule has 17 heavy (non-hydrogen) atoms. The first kappa shape index (κ1) is 12.6. The molecule has 1 unspecified atom stereocenters. The Morgan fingerprint density at radius 2 is 2.12 bits per heavy atom. The standard InChI is InChI=1S/C11H11Cl2N3S/c1-6-5-14-11(13)16-10(6)15-7(2)8-3-4-9(12)17-8/h3-5,7H,1-2H3,(H,14,15,16). The van der Waals surface area contributed by atoms with Crippen molar-refractivity contribution in [1.29, 1.82) is 0 Å². The molecule has 2 heterocycles. The van der Waals surface area contributed by atoms with Gasteiger partial charge in [-0.3, -0.25) is 0 Å². The number of halogens is 2. The van der Waals surface area contributed by atoms with E-state index in [1.807, 2.05) is 19.1 Å². The summed E-state index contributed by atoms with van der Waals surface area (Å²) < 4.78 is 0.783. The van der Waals surface area contributed by atoms with E-state index in [0.717, 1.165) is 20.6 Å². The molecule has 0 bridgehead atoms. The first-order valence-electron chi connectivity index (χ1n) is 5.07. The maximum atomic E-state index is 5.91. The average Bonchev–Trinajstić information content (AvgIpc) is 2.70. The fourth-order valence-corrected chi connectivity index (χ4v) is 2.60. The normalized spacial score (nSPS) is 12.5. The summed E-state index contributed by atoms with van der Waals surface area (Å²) in [5.74, 6) is 0.752. The largest absolute Gasteiger partial charge is 0.362 e. The fraction of sp³-hybridized carbons (Fsp3) is 0.273. The fourth-order valence-electron chi connectivity index (χ4n) is 1.40. The molecule has 90 valence electrons. The van der Waals surface area contributed by atoms with Crippen LogP contribution in [0, 0.1) is 6.92 Å². The highest BCUT2D eigenvalue weighted by Gasteiger charge is 2.10. The lowest BCUT2D eigenvalue weighted by atomic mass is 10.2. The summed E-state index contributed by atoms with van der Waals surface area (Å²) in [5, 5.41) is 3.54. The topological polar surface area (TPSA) is 37.8 Å². The van der Waals surface area contributed by atoms with Crippen molar-refractivity contribution in [2.45, 2.75) is 19.9 Å². The number of nitrogens with zero attached hydrogens (tertiary/aromatic N) is 2. The Morgan fingerprint density at radius 1 is 1.35 bits per heavy atom. The summed E-state index contributed by atoms with van der Waals surface area (Å²) in [6.07, 6.45) is 1.70. The molecule has 0 spiro atoms. The summed E-state index contributed by atoms with van der Waals surface area (Å²) in [7, 11) is 0. The molecule has 0 aliphatic heterocycles.